The average molecular weight is 371 g/mol. The SMILES string of the molecule is CCC(NCCCCN)c1nc2ccsc2c(=O)n1Cc1ccccc1. The molecule has 2 heterocycles. The summed E-state index contributed by atoms with van der Waals surface area (Å²) in [6.45, 7) is 4.24. The van der Waals surface area contributed by atoms with Crippen LogP contribution in [-0.2, 0) is 6.54 Å². The molecule has 138 valence electrons. The second-order valence-corrected chi connectivity index (χ2v) is 7.31. The highest BCUT2D eigenvalue weighted by molar-refractivity contribution is 7.17. The van der Waals surface area contributed by atoms with Crippen molar-refractivity contribution in [1.29, 1.82) is 0 Å². The van der Waals surface area contributed by atoms with E-state index in [1.54, 1.807) is 0 Å². The normalized spacial score (nSPS) is 12.5. The number of nitrogens with zero attached hydrogens (tertiary/aromatic N) is 2. The van der Waals surface area contributed by atoms with E-state index >= 15 is 0 Å². The molecular weight excluding hydrogens is 344 g/mol. The smallest absolute Gasteiger partial charge is 0.271 e. The molecule has 0 aliphatic heterocycles. The molecule has 2 aromatic heterocycles. The van der Waals surface area contributed by atoms with Gasteiger partial charge in [-0.2, -0.15) is 0 Å². The number of hydrogen-bond donors (Lipinski definition) is 2. The van der Waals surface area contributed by atoms with Crippen LogP contribution in [0.25, 0.3) is 10.2 Å². The Morgan fingerprint density at radius 2 is 2.04 bits per heavy atom. The van der Waals surface area contributed by atoms with E-state index in [1.165, 1.54) is 11.3 Å². The van der Waals surface area contributed by atoms with Gasteiger partial charge < -0.3 is 11.1 Å². The molecule has 0 saturated heterocycles. The van der Waals surface area contributed by atoms with E-state index in [2.05, 4.69) is 12.2 Å². The Morgan fingerprint density at radius 1 is 1.23 bits per heavy atom. The van der Waals surface area contributed by atoms with Crippen LogP contribution >= 0.6 is 11.3 Å². The molecule has 1 atom stereocenters. The van der Waals surface area contributed by atoms with Crippen LogP contribution in [0.2, 0.25) is 0 Å². The van der Waals surface area contributed by atoms with E-state index in [1.807, 2.05) is 46.3 Å². The van der Waals surface area contributed by atoms with Gasteiger partial charge in [0.25, 0.3) is 5.56 Å². The number of nitrogens with two attached hydrogens (primary N) is 1. The Balaban J connectivity index is 1.98. The molecule has 0 amide bonds. The highest BCUT2D eigenvalue weighted by Crippen LogP contribution is 2.21. The Kier molecular flexibility index (Phi) is 6.55. The first kappa shape index (κ1) is 18.8. The van der Waals surface area contributed by atoms with E-state index in [0.29, 0.717) is 13.1 Å². The third kappa shape index (κ3) is 4.20. The van der Waals surface area contributed by atoms with Crippen LogP contribution in [0.3, 0.4) is 0 Å². The zero-order valence-electron chi connectivity index (χ0n) is 15.1. The van der Waals surface area contributed by atoms with Crippen molar-refractivity contribution in [3.8, 4) is 0 Å². The summed E-state index contributed by atoms with van der Waals surface area (Å²) in [4.78, 5) is 17.9. The molecule has 5 nitrogen and oxygen atoms in total. The fourth-order valence-corrected chi connectivity index (χ4v) is 3.89. The molecule has 3 aromatic rings. The zero-order valence-corrected chi connectivity index (χ0v) is 16.0. The molecule has 6 heteroatoms. The van der Waals surface area contributed by atoms with Gasteiger partial charge in [0, 0.05) is 0 Å². The topological polar surface area (TPSA) is 72.9 Å². The first-order valence-electron chi connectivity index (χ1n) is 9.20. The Hall–Kier alpha value is -2.02. The van der Waals surface area contributed by atoms with E-state index in [0.717, 1.165) is 47.4 Å². The van der Waals surface area contributed by atoms with Crippen LogP contribution in [0, 0.1) is 0 Å². The minimum absolute atomic E-state index is 0.0473. The Bertz CT molecular complexity index is 888. The maximum absolute atomic E-state index is 13.1. The minimum Gasteiger partial charge on any atom is -0.330 e. The minimum atomic E-state index is 0.0473. The van der Waals surface area contributed by atoms with Crippen LogP contribution in [0.15, 0.2) is 46.6 Å². The van der Waals surface area contributed by atoms with Crippen molar-refractivity contribution < 1.29 is 0 Å². The van der Waals surface area contributed by atoms with Crippen LogP contribution in [0.1, 0.15) is 43.6 Å². The third-order valence-electron chi connectivity index (χ3n) is 4.52. The van der Waals surface area contributed by atoms with Crippen LogP contribution in [0.4, 0.5) is 0 Å². The van der Waals surface area contributed by atoms with E-state index in [-0.39, 0.29) is 11.6 Å². The first-order chi connectivity index (χ1) is 12.7. The molecule has 0 bridgehead atoms. The number of thiophene rings is 1. The molecule has 0 aliphatic carbocycles. The van der Waals surface area contributed by atoms with Crippen molar-refractivity contribution >= 4 is 21.6 Å². The van der Waals surface area contributed by atoms with Gasteiger partial charge >= 0.3 is 0 Å². The summed E-state index contributed by atoms with van der Waals surface area (Å²) >= 11 is 1.46. The summed E-state index contributed by atoms with van der Waals surface area (Å²) in [5.74, 6) is 0.819. The van der Waals surface area contributed by atoms with Gasteiger partial charge in [0.15, 0.2) is 0 Å². The number of benzene rings is 1. The quantitative estimate of drug-likeness (QED) is 0.567. The number of hydrogen-bond acceptors (Lipinski definition) is 5. The summed E-state index contributed by atoms with van der Waals surface area (Å²) in [6, 6.07) is 12.1. The molecular formula is C20H26N4OS. The molecule has 0 spiro atoms. The fraction of sp³-hybridized carbons (Fsp3) is 0.400. The standard InChI is InChI=1S/C20H26N4OS/c1-2-16(22-12-7-6-11-21)19-23-17-10-13-26-18(17)20(25)24(19)14-15-8-4-3-5-9-15/h3-5,8-10,13,16,22H,2,6-7,11-12,14,21H2,1H3. The lowest BCUT2D eigenvalue weighted by Gasteiger charge is -2.21. The molecule has 1 aromatic carbocycles. The highest BCUT2D eigenvalue weighted by Gasteiger charge is 2.19. The molecule has 3 N–H and O–H groups in total. The van der Waals surface area contributed by atoms with Crippen molar-refractivity contribution in [2.75, 3.05) is 13.1 Å². The summed E-state index contributed by atoms with van der Waals surface area (Å²) in [7, 11) is 0. The Morgan fingerprint density at radius 3 is 2.77 bits per heavy atom. The maximum atomic E-state index is 13.1. The van der Waals surface area contributed by atoms with Crippen molar-refractivity contribution in [3.05, 3.63) is 63.5 Å². The Labute approximate surface area is 157 Å². The number of unbranched alkanes of at least 4 members (excludes halogenated alkanes) is 1. The largest absolute Gasteiger partial charge is 0.330 e. The highest BCUT2D eigenvalue weighted by atomic mass is 32.1. The molecule has 0 aliphatic rings. The summed E-state index contributed by atoms with van der Waals surface area (Å²) in [6.07, 6.45) is 2.90. The van der Waals surface area contributed by atoms with Crippen molar-refractivity contribution in [2.45, 2.75) is 38.8 Å². The summed E-state index contributed by atoms with van der Waals surface area (Å²) in [5, 5.41) is 5.49. The predicted octanol–water partition coefficient (Wildman–Crippen LogP) is 3.29. The third-order valence-corrected chi connectivity index (χ3v) is 5.41. The molecule has 1 unspecified atom stereocenters. The lowest BCUT2D eigenvalue weighted by atomic mass is 10.1. The van der Waals surface area contributed by atoms with Gasteiger partial charge in [-0.15, -0.1) is 11.3 Å². The van der Waals surface area contributed by atoms with Gasteiger partial charge in [0.1, 0.15) is 10.5 Å². The number of fused-ring (bicyclic) bond motifs is 1. The van der Waals surface area contributed by atoms with Crippen LogP contribution < -0.4 is 16.6 Å². The van der Waals surface area contributed by atoms with Gasteiger partial charge in [0.2, 0.25) is 0 Å². The monoisotopic (exact) mass is 370 g/mol. The average Bonchev–Trinajstić information content (AvgIpc) is 3.14. The lowest BCUT2D eigenvalue weighted by molar-refractivity contribution is 0.459. The fourth-order valence-electron chi connectivity index (χ4n) is 3.11. The van der Waals surface area contributed by atoms with Crippen molar-refractivity contribution in [1.82, 2.24) is 14.9 Å². The van der Waals surface area contributed by atoms with Crippen molar-refractivity contribution in [3.63, 3.8) is 0 Å². The second kappa shape index (κ2) is 9.07. The lowest BCUT2D eigenvalue weighted by Crippen LogP contribution is -2.32. The summed E-state index contributed by atoms with van der Waals surface area (Å²) < 4.78 is 2.56. The molecule has 0 saturated carbocycles. The van der Waals surface area contributed by atoms with Crippen LogP contribution in [-0.4, -0.2) is 22.6 Å². The predicted molar refractivity (Wildman–Crippen MR) is 109 cm³/mol. The zero-order chi connectivity index (χ0) is 18.4. The van der Waals surface area contributed by atoms with E-state index < -0.39 is 0 Å². The first-order valence-corrected chi connectivity index (χ1v) is 10.1. The van der Waals surface area contributed by atoms with Crippen LogP contribution in [0.5, 0.6) is 0 Å². The van der Waals surface area contributed by atoms with Gasteiger partial charge in [0.05, 0.1) is 18.1 Å². The van der Waals surface area contributed by atoms with E-state index in [9.17, 15) is 4.79 Å². The summed E-state index contributed by atoms with van der Waals surface area (Å²) in [5.41, 5.74) is 7.53. The van der Waals surface area contributed by atoms with Gasteiger partial charge in [-0.3, -0.25) is 9.36 Å². The maximum Gasteiger partial charge on any atom is 0.271 e. The number of rotatable bonds is 9. The molecule has 0 radical (unpaired) electrons. The van der Waals surface area contributed by atoms with E-state index in [4.69, 9.17) is 10.7 Å². The van der Waals surface area contributed by atoms with Gasteiger partial charge in [-0.05, 0) is 49.4 Å². The second-order valence-electron chi connectivity index (χ2n) is 6.39. The molecule has 26 heavy (non-hydrogen) atoms. The van der Waals surface area contributed by atoms with Crippen molar-refractivity contribution in [2.24, 2.45) is 5.73 Å². The number of aromatic nitrogens is 2. The van der Waals surface area contributed by atoms with Gasteiger partial charge in [-0.1, -0.05) is 37.3 Å². The molecule has 3 rings (SSSR count). The number of nitrogens with one attached hydrogen (secondary N) is 1. The van der Waals surface area contributed by atoms with Gasteiger partial charge in [-0.25, -0.2) is 4.98 Å². The molecule has 0 fully saturated rings.